The van der Waals surface area contributed by atoms with Gasteiger partial charge in [0.25, 0.3) is 0 Å². The average molecular weight is 288 g/mol. The van der Waals surface area contributed by atoms with Gasteiger partial charge in [0.2, 0.25) is 6.54 Å². The highest BCUT2D eigenvalue weighted by Crippen LogP contribution is 2.27. The monoisotopic (exact) mass is 287 g/mol. The van der Waals surface area contributed by atoms with E-state index in [1.165, 1.54) is 0 Å². The van der Waals surface area contributed by atoms with Gasteiger partial charge in [-0.25, -0.2) is 9.78 Å². The number of rotatable bonds is 6. The SMILES string of the molecule is CC(C)Nc1c(C(=O)O)cnc(Cl)c1CC[N+](=O)[O-]. The van der Waals surface area contributed by atoms with Crippen LogP contribution >= 0.6 is 11.6 Å². The number of hydrogen-bond donors (Lipinski definition) is 2. The minimum Gasteiger partial charge on any atom is -0.478 e. The van der Waals surface area contributed by atoms with Crippen LogP contribution in [0.25, 0.3) is 0 Å². The smallest absolute Gasteiger partial charge is 0.339 e. The molecule has 104 valence electrons. The largest absolute Gasteiger partial charge is 0.478 e. The maximum absolute atomic E-state index is 11.1. The Bertz CT molecular complexity index is 505. The first-order valence-corrected chi connectivity index (χ1v) is 5.99. The first-order chi connectivity index (χ1) is 8.82. The highest BCUT2D eigenvalue weighted by atomic mass is 35.5. The number of pyridine rings is 1. The van der Waals surface area contributed by atoms with Crippen molar-refractivity contribution in [2.45, 2.75) is 26.3 Å². The van der Waals surface area contributed by atoms with E-state index in [2.05, 4.69) is 10.3 Å². The van der Waals surface area contributed by atoms with E-state index in [-0.39, 0.29) is 29.7 Å². The molecule has 1 heterocycles. The van der Waals surface area contributed by atoms with Gasteiger partial charge in [0, 0.05) is 29.1 Å². The summed E-state index contributed by atoms with van der Waals surface area (Å²) >= 11 is 5.91. The molecule has 7 nitrogen and oxygen atoms in total. The number of anilines is 1. The molecule has 0 atom stereocenters. The van der Waals surface area contributed by atoms with Crippen LogP contribution in [0.4, 0.5) is 5.69 Å². The molecular weight excluding hydrogens is 274 g/mol. The Morgan fingerprint density at radius 3 is 2.74 bits per heavy atom. The highest BCUT2D eigenvalue weighted by Gasteiger charge is 2.20. The molecule has 8 heteroatoms. The molecule has 19 heavy (non-hydrogen) atoms. The molecule has 0 spiro atoms. The fourth-order valence-electron chi connectivity index (χ4n) is 1.58. The molecule has 0 unspecified atom stereocenters. The topological polar surface area (TPSA) is 105 Å². The van der Waals surface area contributed by atoms with Gasteiger partial charge in [-0.1, -0.05) is 11.6 Å². The first-order valence-electron chi connectivity index (χ1n) is 5.62. The molecule has 0 aliphatic heterocycles. The number of carboxylic acid groups (broad SMARTS) is 1. The summed E-state index contributed by atoms with van der Waals surface area (Å²) in [6.45, 7) is 3.33. The molecular formula is C11H14ClN3O4. The van der Waals surface area contributed by atoms with E-state index in [1.54, 1.807) is 0 Å². The normalized spacial score (nSPS) is 10.5. The second-order valence-electron chi connectivity index (χ2n) is 4.23. The molecule has 1 aromatic rings. The molecule has 0 amide bonds. The number of halogens is 1. The highest BCUT2D eigenvalue weighted by molar-refractivity contribution is 6.30. The zero-order valence-electron chi connectivity index (χ0n) is 10.5. The van der Waals surface area contributed by atoms with Gasteiger partial charge in [-0.2, -0.15) is 0 Å². The van der Waals surface area contributed by atoms with Crippen LogP contribution in [0.3, 0.4) is 0 Å². The fourth-order valence-corrected chi connectivity index (χ4v) is 1.81. The van der Waals surface area contributed by atoms with E-state index in [0.717, 1.165) is 6.20 Å². The molecule has 1 rings (SSSR count). The van der Waals surface area contributed by atoms with Crippen LogP contribution in [-0.4, -0.2) is 33.6 Å². The Labute approximate surface area is 114 Å². The Hall–Kier alpha value is -1.89. The third kappa shape index (κ3) is 4.06. The number of nitrogens with one attached hydrogen (secondary N) is 1. The second kappa shape index (κ2) is 6.33. The van der Waals surface area contributed by atoms with Gasteiger partial charge in [-0.15, -0.1) is 0 Å². The summed E-state index contributed by atoms with van der Waals surface area (Å²) in [6, 6.07) is -0.0362. The Morgan fingerprint density at radius 2 is 2.26 bits per heavy atom. The summed E-state index contributed by atoms with van der Waals surface area (Å²) in [4.78, 5) is 24.9. The zero-order chi connectivity index (χ0) is 14.6. The van der Waals surface area contributed by atoms with Crippen molar-refractivity contribution in [1.29, 1.82) is 0 Å². The summed E-state index contributed by atoms with van der Waals surface area (Å²) in [5.41, 5.74) is 0.604. The van der Waals surface area contributed by atoms with Crippen molar-refractivity contribution < 1.29 is 14.8 Å². The predicted octanol–water partition coefficient (Wildman–Crippen LogP) is 2.07. The van der Waals surface area contributed by atoms with Gasteiger partial charge in [0.15, 0.2) is 0 Å². The van der Waals surface area contributed by atoms with E-state index in [4.69, 9.17) is 16.7 Å². The van der Waals surface area contributed by atoms with Gasteiger partial charge in [-0.3, -0.25) is 10.1 Å². The van der Waals surface area contributed by atoms with E-state index in [9.17, 15) is 14.9 Å². The fraction of sp³-hybridized carbons (Fsp3) is 0.455. The molecule has 0 saturated carbocycles. The molecule has 0 aromatic carbocycles. The van der Waals surface area contributed by atoms with Crippen LogP contribution in [0.1, 0.15) is 29.8 Å². The Kier molecular flexibility index (Phi) is 5.05. The lowest BCUT2D eigenvalue weighted by Crippen LogP contribution is -2.17. The number of aromatic nitrogens is 1. The second-order valence-corrected chi connectivity index (χ2v) is 4.58. The van der Waals surface area contributed by atoms with Crippen LogP contribution in [-0.2, 0) is 6.42 Å². The summed E-state index contributed by atoms with van der Waals surface area (Å²) in [7, 11) is 0. The molecule has 1 aromatic heterocycles. The van der Waals surface area contributed by atoms with Crippen LogP contribution in [0.15, 0.2) is 6.20 Å². The maximum Gasteiger partial charge on any atom is 0.339 e. The van der Waals surface area contributed by atoms with E-state index >= 15 is 0 Å². The summed E-state index contributed by atoms with van der Waals surface area (Å²) in [5, 5.41) is 22.6. The van der Waals surface area contributed by atoms with Crippen LogP contribution in [0, 0.1) is 10.1 Å². The van der Waals surface area contributed by atoms with Crippen LogP contribution in [0.2, 0.25) is 5.15 Å². The molecule has 0 aliphatic rings. The van der Waals surface area contributed by atoms with Gasteiger partial charge in [-0.05, 0) is 13.8 Å². The van der Waals surface area contributed by atoms with Crippen molar-refractivity contribution in [1.82, 2.24) is 4.98 Å². The molecule has 0 bridgehead atoms. The molecule has 0 fully saturated rings. The standard InChI is InChI=1S/C11H14ClN3O4/c1-6(2)14-9-7(3-4-15(18)19)10(12)13-5-8(9)11(16)17/h5-6H,3-4H2,1-2H3,(H,13,14)(H,16,17). The van der Waals surface area contributed by atoms with Crippen molar-refractivity contribution in [2.24, 2.45) is 0 Å². The third-order valence-corrected chi connectivity index (χ3v) is 2.66. The summed E-state index contributed by atoms with van der Waals surface area (Å²) in [6.07, 6.45) is 1.17. The number of carbonyl (C=O) groups is 1. The van der Waals surface area contributed by atoms with E-state index in [1.807, 2.05) is 13.8 Å². The number of nitrogens with zero attached hydrogens (tertiary/aromatic N) is 2. The first kappa shape index (κ1) is 15.2. The predicted molar refractivity (Wildman–Crippen MR) is 70.5 cm³/mol. The quantitative estimate of drug-likeness (QED) is 0.471. The summed E-state index contributed by atoms with van der Waals surface area (Å²) < 4.78 is 0. The van der Waals surface area contributed by atoms with Crippen molar-refractivity contribution in [3.63, 3.8) is 0 Å². The zero-order valence-corrected chi connectivity index (χ0v) is 11.3. The number of nitro groups is 1. The van der Waals surface area contributed by atoms with Crippen molar-refractivity contribution in [2.75, 3.05) is 11.9 Å². The van der Waals surface area contributed by atoms with Crippen molar-refractivity contribution >= 4 is 23.3 Å². The van der Waals surface area contributed by atoms with E-state index in [0.29, 0.717) is 11.3 Å². The molecule has 2 N–H and O–H groups in total. The minimum atomic E-state index is -1.16. The van der Waals surface area contributed by atoms with Crippen LogP contribution in [0.5, 0.6) is 0 Å². The molecule has 0 saturated heterocycles. The third-order valence-electron chi connectivity index (χ3n) is 2.33. The lowest BCUT2D eigenvalue weighted by atomic mass is 10.1. The molecule has 0 aliphatic carbocycles. The van der Waals surface area contributed by atoms with Crippen molar-refractivity contribution in [3.8, 4) is 0 Å². The molecule has 0 radical (unpaired) electrons. The lowest BCUT2D eigenvalue weighted by molar-refractivity contribution is -0.479. The van der Waals surface area contributed by atoms with Crippen LogP contribution < -0.4 is 5.32 Å². The Morgan fingerprint density at radius 1 is 1.63 bits per heavy atom. The van der Waals surface area contributed by atoms with Crippen molar-refractivity contribution in [3.05, 3.63) is 32.6 Å². The number of aromatic carboxylic acids is 1. The van der Waals surface area contributed by atoms with Gasteiger partial charge in [0.05, 0.1) is 5.69 Å². The maximum atomic E-state index is 11.1. The number of carboxylic acids is 1. The number of hydrogen-bond acceptors (Lipinski definition) is 5. The van der Waals surface area contributed by atoms with Gasteiger partial charge < -0.3 is 10.4 Å². The minimum absolute atomic E-state index is 0.0228. The van der Waals surface area contributed by atoms with Gasteiger partial charge >= 0.3 is 5.97 Å². The summed E-state index contributed by atoms with van der Waals surface area (Å²) in [5.74, 6) is -1.16. The van der Waals surface area contributed by atoms with E-state index < -0.39 is 10.9 Å². The lowest BCUT2D eigenvalue weighted by Gasteiger charge is -2.17. The van der Waals surface area contributed by atoms with Gasteiger partial charge in [0.1, 0.15) is 10.7 Å². The Balaban J connectivity index is 3.26. The average Bonchev–Trinajstić information content (AvgIpc) is 2.26.